The van der Waals surface area contributed by atoms with Crippen LogP contribution < -0.4 is 5.32 Å². The van der Waals surface area contributed by atoms with Crippen LogP contribution >= 0.6 is 12.4 Å². The van der Waals surface area contributed by atoms with E-state index in [0.717, 1.165) is 38.6 Å². The molecule has 5 heteroatoms. The summed E-state index contributed by atoms with van der Waals surface area (Å²) >= 11 is 0. The maximum atomic E-state index is 12.1. The molecular weight excluding hydrogens is 262 g/mol. The standard InChI is InChI=1S/C14H27N3O.ClH/c1-15-11-13-5-9-16(10-6-13)12-14(18)17-7-3-2-4-8-17;/h13,15H,2-12H2,1H3;1H. The molecule has 0 spiro atoms. The molecule has 0 aromatic carbocycles. The molecule has 0 aromatic heterocycles. The molecule has 112 valence electrons. The zero-order valence-corrected chi connectivity index (χ0v) is 12.9. The molecule has 0 radical (unpaired) electrons. The van der Waals surface area contributed by atoms with E-state index in [9.17, 15) is 4.79 Å². The first-order valence-corrected chi connectivity index (χ1v) is 7.44. The lowest BCUT2D eigenvalue weighted by Crippen LogP contribution is -2.45. The zero-order chi connectivity index (χ0) is 12.8. The van der Waals surface area contributed by atoms with Gasteiger partial charge in [0.05, 0.1) is 6.54 Å². The highest BCUT2D eigenvalue weighted by Crippen LogP contribution is 2.17. The highest BCUT2D eigenvalue weighted by molar-refractivity contribution is 5.85. The van der Waals surface area contributed by atoms with Gasteiger partial charge in [-0.2, -0.15) is 0 Å². The fourth-order valence-electron chi connectivity index (χ4n) is 3.07. The first kappa shape index (κ1) is 16.7. The van der Waals surface area contributed by atoms with Gasteiger partial charge < -0.3 is 10.2 Å². The normalized spacial score (nSPS) is 22.1. The Bertz CT molecular complexity index is 261. The van der Waals surface area contributed by atoms with E-state index in [1.807, 2.05) is 7.05 Å². The largest absolute Gasteiger partial charge is 0.342 e. The molecule has 0 aromatic rings. The minimum absolute atomic E-state index is 0. The molecule has 0 unspecified atom stereocenters. The lowest BCUT2D eigenvalue weighted by atomic mass is 9.97. The fourth-order valence-corrected chi connectivity index (χ4v) is 3.07. The van der Waals surface area contributed by atoms with Crippen LogP contribution in [-0.4, -0.2) is 62.0 Å². The lowest BCUT2D eigenvalue weighted by Gasteiger charge is -2.34. The molecule has 0 saturated carbocycles. The van der Waals surface area contributed by atoms with Gasteiger partial charge in [-0.15, -0.1) is 12.4 Å². The van der Waals surface area contributed by atoms with Crippen LogP contribution in [0.4, 0.5) is 0 Å². The third kappa shape index (κ3) is 5.28. The van der Waals surface area contributed by atoms with Gasteiger partial charge in [0.2, 0.25) is 5.91 Å². The second-order valence-electron chi connectivity index (χ2n) is 5.72. The van der Waals surface area contributed by atoms with Crippen LogP contribution in [0.3, 0.4) is 0 Å². The smallest absolute Gasteiger partial charge is 0.236 e. The van der Waals surface area contributed by atoms with Crippen molar-refractivity contribution in [1.82, 2.24) is 15.1 Å². The Kier molecular flexibility index (Phi) is 7.73. The summed E-state index contributed by atoms with van der Waals surface area (Å²) < 4.78 is 0. The van der Waals surface area contributed by atoms with Gasteiger partial charge in [0, 0.05) is 13.1 Å². The summed E-state index contributed by atoms with van der Waals surface area (Å²) in [5, 5.41) is 3.25. The monoisotopic (exact) mass is 289 g/mol. The van der Waals surface area contributed by atoms with Crippen molar-refractivity contribution >= 4 is 18.3 Å². The number of hydrogen-bond donors (Lipinski definition) is 1. The summed E-state index contributed by atoms with van der Waals surface area (Å²) in [5.41, 5.74) is 0. The predicted molar refractivity (Wildman–Crippen MR) is 80.8 cm³/mol. The first-order chi connectivity index (χ1) is 8.79. The van der Waals surface area contributed by atoms with Crippen LogP contribution in [0.2, 0.25) is 0 Å². The number of carbonyl (C=O) groups excluding carboxylic acids is 1. The number of likely N-dealkylation sites (tertiary alicyclic amines) is 2. The number of nitrogens with one attached hydrogen (secondary N) is 1. The van der Waals surface area contributed by atoms with E-state index in [0.29, 0.717) is 12.5 Å². The third-order valence-corrected chi connectivity index (χ3v) is 4.27. The van der Waals surface area contributed by atoms with Crippen molar-refractivity contribution in [2.24, 2.45) is 5.92 Å². The molecule has 1 amide bonds. The van der Waals surface area contributed by atoms with Crippen LogP contribution in [0.25, 0.3) is 0 Å². The Hall–Kier alpha value is -0.320. The Morgan fingerprint density at radius 2 is 1.74 bits per heavy atom. The summed E-state index contributed by atoms with van der Waals surface area (Å²) in [4.78, 5) is 16.5. The number of amides is 1. The predicted octanol–water partition coefficient (Wildman–Crippen LogP) is 1.35. The number of halogens is 1. The van der Waals surface area contributed by atoms with Gasteiger partial charge in [0.1, 0.15) is 0 Å². The molecule has 0 aliphatic carbocycles. The summed E-state index contributed by atoms with van der Waals surface area (Å²) in [5.74, 6) is 1.15. The van der Waals surface area contributed by atoms with E-state index in [4.69, 9.17) is 0 Å². The van der Waals surface area contributed by atoms with E-state index in [-0.39, 0.29) is 12.4 Å². The van der Waals surface area contributed by atoms with Gasteiger partial charge in [-0.3, -0.25) is 9.69 Å². The van der Waals surface area contributed by atoms with Crippen molar-refractivity contribution in [3.8, 4) is 0 Å². The quantitative estimate of drug-likeness (QED) is 0.849. The van der Waals surface area contributed by atoms with Gasteiger partial charge in [-0.05, 0) is 64.7 Å². The zero-order valence-electron chi connectivity index (χ0n) is 12.1. The first-order valence-electron chi connectivity index (χ1n) is 7.44. The second kappa shape index (κ2) is 8.77. The number of carbonyl (C=O) groups is 1. The van der Waals surface area contributed by atoms with Crippen molar-refractivity contribution in [3.63, 3.8) is 0 Å². The second-order valence-corrected chi connectivity index (χ2v) is 5.72. The van der Waals surface area contributed by atoms with Gasteiger partial charge in [-0.1, -0.05) is 0 Å². The Labute approximate surface area is 123 Å². The summed E-state index contributed by atoms with van der Waals surface area (Å²) in [6, 6.07) is 0. The number of hydrogen-bond acceptors (Lipinski definition) is 3. The summed E-state index contributed by atoms with van der Waals surface area (Å²) in [6.45, 7) is 5.90. The van der Waals surface area contributed by atoms with Crippen LogP contribution in [0, 0.1) is 5.92 Å². The number of nitrogens with zero attached hydrogens (tertiary/aromatic N) is 2. The van der Waals surface area contributed by atoms with E-state index in [2.05, 4.69) is 15.1 Å². The molecule has 19 heavy (non-hydrogen) atoms. The van der Waals surface area contributed by atoms with Crippen molar-refractivity contribution in [2.75, 3.05) is 46.3 Å². The van der Waals surface area contributed by atoms with Crippen molar-refractivity contribution in [2.45, 2.75) is 32.1 Å². The Balaban J connectivity index is 0.00000180. The van der Waals surface area contributed by atoms with Crippen LogP contribution in [0.1, 0.15) is 32.1 Å². The molecule has 0 atom stereocenters. The maximum Gasteiger partial charge on any atom is 0.236 e. The molecule has 2 fully saturated rings. The van der Waals surface area contributed by atoms with Crippen molar-refractivity contribution in [3.05, 3.63) is 0 Å². The molecule has 4 nitrogen and oxygen atoms in total. The van der Waals surface area contributed by atoms with Crippen LogP contribution in [0.15, 0.2) is 0 Å². The van der Waals surface area contributed by atoms with E-state index in [1.54, 1.807) is 0 Å². The maximum absolute atomic E-state index is 12.1. The Morgan fingerprint density at radius 1 is 1.11 bits per heavy atom. The SMILES string of the molecule is CNCC1CCN(CC(=O)N2CCCCC2)CC1.Cl. The van der Waals surface area contributed by atoms with Gasteiger partial charge in [-0.25, -0.2) is 0 Å². The van der Waals surface area contributed by atoms with E-state index < -0.39 is 0 Å². The minimum atomic E-state index is 0. The molecule has 2 aliphatic rings. The van der Waals surface area contributed by atoms with Crippen molar-refractivity contribution < 1.29 is 4.79 Å². The van der Waals surface area contributed by atoms with Gasteiger partial charge in [0.15, 0.2) is 0 Å². The van der Waals surface area contributed by atoms with Gasteiger partial charge >= 0.3 is 0 Å². The fraction of sp³-hybridized carbons (Fsp3) is 0.929. The minimum Gasteiger partial charge on any atom is -0.342 e. The van der Waals surface area contributed by atoms with E-state index in [1.165, 1.54) is 32.1 Å². The highest BCUT2D eigenvalue weighted by Gasteiger charge is 2.23. The molecule has 2 heterocycles. The molecule has 1 N–H and O–H groups in total. The molecular formula is C14H28ClN3O. The Morgan fingerprint density at radius 3 is 2.32 bits per heavy atom. The van der Waals surface area contributed by atoms with Crippen LogP contribution in [-0.2, 0) is 4.79 Å². The average molecular weight is 290 g/mol. The summed E-state index contributed by atoms with van der Waals surface area (Å²) in [6.07, 6.45) is 6.13. The van der Waals surface area contributed by atoms with E-state index >= 15 is 0 Å². The average Bonchev–Trinajstić information content (AvgIpc) is 2.42. The lowest BCUT2D eigenvalue weighted by molar-refractivity contribution is -0.133. The molecule has 2 aliphatic heterocycles. The number of piperidine rings is 2. The topological polar surface area (TPSA) is 35.6 Å². The van der Waals surface area contributed by atoms with Crippen molar-refractivity contribution in [1.29, 1.82) is 0 Å². The molecule has 2 rings (SSSR count). The number of rotatable bonds is 4. The highest BCUT2D eigenvalue weighted by atomic mass is 35.5. The van der Waals surface area contributed by atoms with Gasteiger partial charge in [0.25, 0.3) is 0 Å². The molecule has 0 bridgehead atoms. The van der Waals surface area contributed by atoms with Crippen LogP contribution in [0.5, 0.6) is 0 Å². The molecule has 2 saturated heterocycles. The summed E-state index contributed by atoms with van der Waals surface area (Å²) in [7, 11) is 2.02. The third-order valence-electron chi connectivity index (χ3n) is 4.27.